The summed E-state index contributed by atoms with van der Waals surface area (Å²) in [7, 11) is 0. The highest BCUT2D eigenvalue weighted by Crippen LogP contribution is 2.66. The lowest BCUT2D eigenvalue weighted by molar-refractivity contribution is 0.327. The van der Waals surface area contributed by atoms with Crippen LogP contribution >= 0.6 is 0 Å². The Morgan fingerprint density at radius 1 is 0.548 bits per heavy atom. The number of nitrogens with zero attached hydrogens (tertiary/aromatic N) is 1. The third-order valence-electron chi connectivity index (χ3n) is 10.5. The van der Waals surface area contributed by atoms with Gasteiger partial charge in [0.15, 0.2) is 0 Å². The molecule has 3 aliphatic carbocycles. The minimum atomic E-state index is 0.154. The van der Waals surface area contributed by atoms with Crippen LogP contribution in [0.2, 0.25) is 0 Å². The first-order valence-electron chi connectivity index (χ1n) is 15.5. The van der Waals surface area contributed by atoms with E-state index in [-0.39, 0.29) is 5.41 Å². The van der Waals surface area contributed by atoms with Crippen LogP contribution in [-0.2, 0) is 5.41 Å². The van der Waals surface area contributed by atoms with E-state index in [0.717, 1.165) is 11.8 Å². The van der Waals surface area contributed by atoms with Gasteiger partial charge in [-0.05, 0) is 100 Å². The van der Waals surface area contributed by atoms with Crippen molar-refractivity contribution in [1.82, 2.24) is 0 Å². The maximum atomic E-state index is 2.56. The molecule has 1 heteroatoms. The smallest absolute Gasteiger partial charge is 0.0540 e. The van der Waals surface area contributed by atoms with Crippen molar-refractivity contribution in [3.63, 3.8) is 0 Å². The number of fused-ring (bicyclic) bond motifs is 9. The SMILES string of the molecule is c1ccc(-c2cccc(N(c3ccc4c(c3)C3(CC5CCC3C5)c3ccccc3-4)c3cccc4ccccc34)c2)cc1. The van der Waals surface area contributed by atoms with Gasteiger partial charge in [0, 0.05) is 22.2 Å². The summed E-state index contributed by atoms with van der Waals surface area (Å²) in [5, 5.41) is 2.53. The molecule has 0 aromatic heterocycles. The minimum Gasteiger partial charge on any atom is -0.310 e. The first-order valence-corrected chi connectivity index (χ1v) is 15.5. The Morgan fingerprint density at radius 3 is 2.17 bits per heavy atom. The summed E-state index contributed by atoms with van der Waals surface area (Å²) in [6.07, 6.45) is 5.43. The van der Waals surface area contributed by atoms with Crippen molar-refractivity contribution in [3.8, 4) is 22.3 Å². The predicted octanol–water partition coefficient (Wildman–Crippen LogP) is 11.1. The average molecular weight is 540 g/mol. The highest BCUT2D eigenvalue weighted by atomic mass is 15.1. The second-order valence-electron chi connectivity index (χ2n) is 12.6. The van der Waals surface area contributed by atoms with Gasteiger partial charge >= 0.3 is 0 Å². The molecule has 1 spiro atoms. The molecule has 6 aromatic rings. The van der Waals surface area contributed by atoms with Gasteiger partial charge in [-0.25, -0.2) is 0 Å². The average Bonchev–Trinajstić information content (AvgIpc) is 3.75. The van der Waals surface area contributed by atoms with Crippen molar-refractivity contribution < 1.29 is 0 Å². The lowest BCUT2D eigenvalue weighted by Gasteiger charge is -2.37. The first kappa shape index (κ1) is 24.0. The molecule has 0 N–H and O–H groups in total. The molecular weight excluding hydrogens is 506 g/mol. The summed E-state index contributed by atoms with van der Waals surface area (Å²) in [5.74, 6) is 1.60. The molecule has 0 aliphatic heterocycles. The number of anilines is 3. The van der Waals surface area contributed by atoms with Gasteiger partial charge in [-0.3, -0.25) is 0 Å². The van der Waals surface area contributed by atoms with Crippen molar-refractivity contribution in [2.24, 2.45) is 11.8 Å². The third kappa shape index (κ3) is 3.43. The molecule has 1 nitrogen and oxygen atoms in total. The Hall–Kier alpha value is -4.62. The molecule has 0 heterocycles. The lowest BCUT2D eigenvalue weighted by Crippen LogP contribution is -2.32. The summed E-state index contributed by atoms with van der Waals surface area (Å²) in [6, 6.07) is 51.9. The van der Waals surface area contributed by atoms with E-state index in [0.29, 0.717) is 0 Å². The number of rotatable bonds is 4. The van der Waals surface area contributed by atoms with Crippen LogP contribution in [0.1, 0.15) is 36.8 Å². The summed E-state index contributed by atoms with van der Waals surface area (Å²) >= 11 is 0. The molecule has 9 rings (SSSR count). The topological polar surface area (TPSA) is 3.24 Å². The molecule has 42 heavy (non-hydrogen) atoms. The van der Waals surface area contributed by atoms with Crippen LogP contribution in [0.3, 0.4) is 0 Å². The molecule has 202 valence electrons. The third-order valence-corrected chi connectivity index (χ3v) is 10.5. The molecule has 2 saturated carbocycles. The molecule has 3 atom stereocenters. The molecule has 0 amide bonds. The Bertz CT molecular complexity index is 1970. The fourth-order valence-corrected chi connectivity index (χ4v) is 8.80. The quantitative estimate of drug-likeness (QED) is 0.215. The second-order valence-corrected chi connectivity index (χ2v) is 12.6. The first-order chi connectivity index (χ1) is 20.8. The van der Waals surface area contributed by atoms with Gasteiger partial charge < -0.3 is 4.90 Å². The van der Waals surface area contributed by atoms with Gasteiger partial charge in [-0.15, -0.1) is 0 Å². The molecule has 2 bridgehead atoms. The van der Waals surface area contributed by atoms with E-state index >= 15 is 0 Å². The van der Waals surface area contributed by atoms with Gasteiger partial charge in [-0.1, -0.05) is 116 Å². The summed E-state index contributed by atoms with van der Waals surface area (Å²) in [6.45, 7) is 0. The number of benzene rings is 6. The Labute approximate surface area is 248 Å². The van der Waals surface area contributed by atoms with Crippen LogP contribution in [0, 0.1) is 11.8 Å². The Morgan fingerprint density at radius 2 is 1.29 bits per heavy atom. The standard InChI is InChI=1S/C41H33N/c1-2-10-29(11-3-1)31-14-8-15-33(25-31)42(40-19-9-13-30-12-4-5-16-35(30)40)34-22-23-37-36-17-6-7-18-38(36)41(39(37)26-34)27-28-20-21-32(41)24-28/h1-19,22-23,25-26,28,32H,20-21,24,27H2. The molecule has 2 fully saturated rings. The fraction of sp³-hybridized carbons (Fsp3) is 0.171. The molecular formula is C41H33N. The number of hydrogen-bond donors (Lipinski definition) is 0. The zero-order valence-electron chi connectivity index (χ0n) is 23.7. The van der Waals surface area contributed by atoms with Gasteiger partial charge in [-0.2, -0.15) is 0 Å². The highest BCUT2D eigenvalue weighted by Gasteiger charge is 2.56. The van der Waals surface area contributed by atoms with E-state index in [2.05, 4.69) is 144 Å². The van der Waals surface area contributed by atoms with Crippen LogP contribution in [-0.4, -0.2) is 0 Å². The van der Waals surface area contributed by atoms with Crippen molar-refractivity contribution in [3.05, 3.63) is 151 Å². The van der Waals surface area contributed by atoms with Crippen LogP contribution < -0.4 is 4.90 Å². The lowest BCUT2D eigenvalue weighted by atomic mass is 9.67. The zero-order chi connectivity index (χ0) is 27.7. The van der Waals surface area contributed by atoms with E-state index < -0.39 is 0 Å². The van der Waals surface area contributed by atoms with Gasteiger partial charge in [0.05, 0.1) is 5.69 Å². The minimum absolute atomic E-state index is 0.154. The summed E-state index contributed by atoms with van der Waals surface area (Å²) < 4.78 is 0. The van der Waals surface area contributed by atoms with E-state index in [1.807, 2.05) is 0 Å². The van der Waals surface area contributed by atoms with Crippen molar-refractivity contribution in [2.75, 3.05) is 4.90 Å². The van der Waals surface area contributed by atoms with Crippen molar-refractivity contribution in [2.45, 2.75) is 31.1 Å². The molecule has 3 unspecified atom stereocenters. The Kier molecular flexibility index (Phi) is 5.26. The summed E-state index contributed by atoms with van der Waals surface area (Å²) in [5.41, 5.74) is 12.3. The van der Waals surface area contributed by atoms with Crippen LogP contribution in [0.4, 0.5) is 17.1 Å². The van der Waals surface area contributed by atoms with Gasteiger partial charge in [0.2, 0.25) is 0 Å². The Balaban J connectivity index is 1.28. The van der Waals surface area contributed by atoms with Crippen LogP contribution in [0.15, 0.2) is 140 Å². The van der Waals surface area contributed by atoms with E-state index in [1.165, 1.54) is 75.8 Å². The van der Waals surface area contributed by atoms with E-state index in [4.69, 9.17) is 0 Å². The maximum absolute atomic E-state index is 2.56. The molecule has 0 saturated heterocycles. The second kappa shape index (κ2) is 9.19. The highest BCUT2D eigenvalue weighted by molar-refractivity contribution is 5.99. The maximum Gasteiger partial charge on any atom is 0.0540 e. The van der Waals surface area contributed by atoms with Crippen LogP contribution in [0.25, 0.3) is 33.0 Å². The van der Waals surface area contributed by atoms with Crippen molar-refractivity contribution in [1.29, 1.82) is 0 Å². The largest absolute Gasteiger partial charge is 0.310 e. The van der Waals surface area contributed by atoms with Crippen LogP contribution in [0.5, 0.6) is 0 Å². The van der Waals surface area contributed by atoms with E-state index in [1.54, 1.807) is 11.1 Å². The molecule has 0 radical (unpaired) electrons. The van der Waals surface area contributed by atoms with Gasteiger partial charge in [0.25, 0.3) is 0 Å². The monoisotopic (exact) mass is 539 g/mol. The van der Waals surface area contributed by atoms with E-state index in [9.17, 15) is 0 Å². The normalized spacial score (nSPS) is 21.5. The van der Waals surface area contributed by atoms with Crippen molar-refractivity contribution >= 4 is 27.8 Å². The molecule has 6 aromatic carbocycles. The zero-order valence-corrected chi connectivity index (χ0v) is 23.7. The number of hydrogen-bond acceptors (Lipinski definition) is 1. The van der Waals surface area contributed by atoms with Gasteiger partial charge in [0.1, 0.15) is 0 Å². The summed E-state index contributed by atoms with van der Waals surface area (Å²) in [4.78, 5) is 2.50. The fourth-order valence-electron chi connectivity index (χ4n) is 8.80. The molecule has 3 aliphatic rings. The predicted molar refractivity (Wildman–Crippen MR) is 176 cm³/mol.